The van der Waals surface area contributed by atoms with Crippen molar-refractivity contribution in [2.75, 3.05) is 0 Å². The van der Waals surface area contributed by atoms with E-state index < -0.39 is 22.6 Å². The molecule has 28 heavy (non-hydrogen) atoms. The number of rotatable bonds is 2. The van der Waals surface area contributed by atoms with Crippen LogP contribution < -0.4 is 0 Å². The Balaban J connectivity index is 7.90. The van der Waals surface area contributed by atoms with Crippen molar-refractivity contribution in [2.24, 2.45) is 0 Å². The Bertz CT molecular complexity index is 446. The molecule has 0 saturated heterocycles. The summed E-state index contributed by atoms with van der Waals surface area (Å²) in [6.45, 7) is 46.2. The molecule has 0 aliphatic heterocycles. The van der Waals surface area contributed by atoms with Crippen molar-refractivity contribution in [3.63, 3.8) is 0 Å². The highest BCUT2D eigenvalue weighted by Gasteiger charge is 2.71. The molecule has 0 rings (SSSR count). The van der Waals surface area contributed by atoms with Crippen molar-refractivity contribution >= 4 is 28.8 Å². The van der Waals surface area contributed by atoms with Crippen molar-refractivity contribution in [3.8, 4) is 0 Å². The monoisotopic (exact) mass is 440 g/mol. The second-order valence-corrected chi connectivity index (χ2v) is 38.1. The van der Waals surface area contributed by atoms with Crippen LogP contribution in [-0.2, 0) is 0 Å². The summed E-state index contributed by atoms with van der Waals surface area (Å²) in [6.07, 6.45) is 5.41. The Kier molecular flexibility index (Phi) is 7.43. The van der Waals surface area contributed by atoms with Gasteiger partial charge in [0.15, 0.2) is 0 Å². The second kappa shape index (κ2) is 7.29. The summed E-state index contributed by atoms with van der Waals surface area (Å²) >= 11 is 0. The van der Waals surface area contributed by atoms with E-state index in [1.165, 1.54) is 0 Å². The van der Waals surface area contributed by atoms with E-state index in [0.29, 0.717) is 30.2 Å². The average molecular weight is 441 g/mol. The first-order valence-corrected chi connectivity index (χ1v) is 19.1. The van der Waals surface area contributed by atoms with Gasteiger partial charge in [0.05, 0.1) is 15.2 Å². The van der Waals surface area contributed by atoms with Crippen molar-refractivity contribution in [3.05, 3.63) is 0 Å². The third-order valence-electron chi connectivity index (χ3n) is 7.66. The molecule has 0 aromatic rings. The molecule has 0 fully saturated rings. The fourth-order valence-corrected chi connectivity index (χ4v) is 72.5. The van der Waals surface area contributed by atoms with Gasteiger partial charge in [0, 0.05) is 0 Å². The summed E-state index contributed by atoms with van der Waals surface area (Å²) < 4.78 is 0. The van der Waals surface area contributed by atoms with Crippen LogP contribution in [0.2, 0.25) is 30.2 Å². The molecule has 0 nitrogen and oxygen atoms in total. The lowest BCUT2D eigenvalue weighted by Gasteiger charge is -2.70. The zero-order valence-corrected chi connectivity index (χ0v) is 26.2. The lowest BCUT2D eigenvalue weighted by Crippen LogP contribution is -2.79. The van der Waals surface area contributed by atoms with Crippen LogP contribution in [0.3, 0.4) is 0 Å². The first kappa shape index (κ1) is 28.5. The molecule has 0 radical (unpaired) electrons. The van der Waals surface area contributed by atoms with E-state index in [-0.39, 0.29) is 0 Å². The van der Waals surface area contributed by atoms with Crippen molar-refractivity contribution in [2.45, 2.75) is 155 Å². The first-order valence-electron chi connectivity index (χ1n) is 11.4. The molecule has 0 saturated carbocycles. The van der Waals surface area contributed by atoms with E-state index in [9.17, 15) is 0 Å². The Morgan fingerprint density at radius 2 is 0.464 bits per heavy atom. The van der Waals surface area contributed by atoms with Gasteiger partial charge in [-0.3, -0.25) is 0 Å². The first-order chi connectivity index (χ1) is 11.7. The third-order valence-corrected chi connectivity index (χ3v) is 48.6. The van der Waals surface area contributed by atoms with Gasteiger partial charge in [-0.1, -0.05) is 125 Å². The standard InChI is InChI=1S/C25H56Si3/c1-20(2,3)27(21(4,5)6,22(7,8)9)26(19)28(23(10,11)12,24(13,14)15)25(16,17)18/h19H2,1-18H3. The topological polar surface area (TPSA) is 0 Å². The molecule has 0 bridgehead atoms. The number of hydrogen-bond acceptors (Lipinski definition) is 0. The summed E-state index contributed by atoms with van der Waals surface area (Å²) in [4.78, 5) is 0. The fourth-order valence-electron chi connectivity index (χ4n) is 9.75. The van der Waals surface area contributed by atoms with Crippen molar-refractivity contribution in [1.82, 2.24) is 0 Å². The van der Waals surface area contributed by atoms with Gasteiger partial charge in [-0.25, -0.2) is 0 Å². The molecule has 0 N–H and O–H groups in total. The maximum Gasteiger partial charge on any atom is 0.0764 e. The molecule has 0 atom stereocenters. The molecule has 0 amide bonds. The lowest BCUT2D eigenvalue weighted by atomic mass is 10.2. The average Bonchev–Trinajstić information content (AvgIpc) is 2.14. The third kappa shape index (κ3) is 3.90. The predicted octanol–water partition coefficient (Wildman–Crippen LogP) is 9.35. The molecular formula is C25H56Si3. The highest BCUT2D eigenvalue weighted by molar-refractivity contribution is 7.64. The predicted molar refractivity (Wildman–Crippen MR) is 143 cm³/mol. The maximum absolute atomic E-state index is 5.41. The smallest absolute Gasteiger partial charge is 0.0764 e. The Morgan fingerprint density at radius 1 is 0.357 bits per heavy atom. The van der Waals surface area contributed by atoms with Gasteiger partial charge in [0.25, 0.3) is 0 Å². The fraction of sp³-hybridized carbons (Fsp3) is 0.960. The molecular weight excluding hydrogens is 385 g/mol. The summed E-state index contributed by atoms with van der Waals surface area (Å²) in [6, 6.07) is 0. The zero-order valence-electron chi connectivity index (χ0n) is 23.2. The minimum atomic E-state index is -1.92. The molecule has 0 aliphatic rings. The zero-order chi connectivity index (χ0) is 23.6. The van der Waals surface area contributed by atoms with Gasteiger partial charge in [0.2, 0.25) is 0 Å². The van der Waals surface area contributed by atoms with E-state index in [1.54, 1.807) is 0 Å². The molecule has 3 heteroatoms. The molecule has 0 aliphatic carbocycles. The minimum Gasteiger partial charge on any atom is -0.123 e. The Morgan fingerprint density at radius 3 is 0.536 bits per heavy atom. The highest BCUT2D eigenvalue weighted by atomic mass is 29.6. The van der Waals surface area contributed by atoms with E-state index in [4.69, 9.17) is 6.17 Å². The van der Waals surface area contributed by atoms with Gasteiger partial charge in [-0.15, -0.1) is 6.17 Å². The normalized spacial score (nSPS) is 16.4. The van der Waals surface area contributed by atoms with E-state index in [2.05, 4.69) is 125 Å². The van der Waals surface area contributed by atoms with Crippen LogP contribution >= 0.6 is 0 Å². The van der Waals surface area contributed by atoms with Gasteiger partial charge in [-0.05, 0) is 37.7 Å². The summed E-state index contributed by atoms with van der Waals surface area (Å²) in [5, 5.41) is 1.91. The molecule has 0 aromatic heterocycles. The van der Waals surface area contributed by atoms with Crippen LogP contribution in [0.5, 0.6) is 0 Å². The van der Waals surface area contributed by atoms with Crippen LogP contribution in [0.25, 0.3) is 0 Å². The van der Waals surface area contributed by atoms with Crippen LogP contribution in [0.1, 0.15) is 125 Å². The molecule has 168 valence electrons. The summed E-state index contributed by atoms with van der Waals surface area (Å²) in [5.41, 5.74) is 0. The number of hydrogen-bond donors (Lipinski definition) is 0. The van der Waals surface area contributed by atoms with Crippen LogP contribution in [0.4, 0.5) is 0 Å². The van der Waals surface area contributed by atoms with Crippen LogP contribution in [0, 0.1) is 0 Å². The summed E-state index contributed by atoms with van der Waals surface area (Å²) in [5.74, 6) is 0. The van der Waals surface area contributed by atoms with Gasteiger partial charge >= 0.3 is 0 Å². The van der Waals surface area contributed by atoms with E-state index in [1.807, 2.05) is 0 Å². The van der Waals surface area contributed by atoms with E-state index >= 15 is 0 Å². The second-order valence-electron chi connectivity index (χ2n) is 15.5. The van der Waals surface area contributed by atoms with Crippen molar-refractivity contribution < 1.29 is 0 Å². The quantitative estimate of drug-likeness (QED) is 0.375. The molecule has 0 heterocycles. The van der Waals surface area contributed by atoms with Crippen LogP contribution in [-0.4, -0.2) is 28.8 Å². The van der Waals surface area contributed by atoms with Crippen molar-refractivity contribution in [1.29, 1.82) is 0 Å². The molecule has 0 unspecified atom stereocenters. The van der Waals surface area contributed by atoms with Gasteiger partial charge in [0.1, 0.15) is 0 Å². The lowest BCUT2D eigenvalue weighted by molar-refractivity contribution is 0.544. The summed E-state index contributed by atoms with van der Waals surface area (Å²) in [7, 11) is -4.73. The highest BCUT2D eigenvalue weighted by Crippen LogP contribution is 2.69. The Labute approximate surface area is 183 Å². The molecule has 0 spiro atoms. The minimum absolute atomic E-state index is 0.319. The maximum atomic E-state index is 5.41. The van der Waals surface area contributed by atoms with E-state index in [0.717, 1.165) is 0 Å². The largest absolute Gasteiger partial charge is 0.123 e. The van der Waals surface area contributed by atoms with Gasteiger partial charge in [-0.2, -0.15) is 0 Å². The SMILES string of the molecule is C=[Si]([Si](C(C)(C)C)(C(C)(C)C)C(C)(C)C)[Si](C(C)(C)C)(C(C)(C)C)C(C)(C)C. The van der Waals surface area contributed by atoms with Gasteiger partial charge < -0.3 is 0 Å². The van der Waals surface area contributed by atoms with Crippen LogP contribution in [0.15, 0.2) is 0 Å². The molecule has 0 aromatic carbocycles. The Hall–Kier alpha value is 0.521.